The van der Waals surface area contributed by atoms with Gasteiger partial charge in [0.2, 0.25) is 0 Å². The lowest BCUT2D eigenvalue weighted by Gasteiger charge is -2.29. The smallest absolute Gasteiger partial charge is 0.349 e. The van der Waals surface area contributed by atoms with Crippen molar-refractivity contribution in [1.29, 1.82) is 5.26 Å². The molecular weight excluding hydrogens is 412 g/mol. The lowest BCUT2D eigenvalue weighted by molar-refractivity contribution is -0.149. The van der Waals surface area contributed by atoms with Crippen molar-refractivity contribution in [2.75, 3.05) is 34.5 Å². The van der Waals surface area contributed by atoms with E-state index >= 15 is 0 Å². The number of hydrogen-bond acceptors (Lipinski definition) is 7. The van der Waals surface area contributed by atoms with Crippen LogP contribution in [0.1, 0.15) is 16.7 Å². The zero-order chi connectivity index (χ0) is 23.1. The molecule has 2 aromatic carbocycles. The Labute approximate surface area is 186 Å². The number of carbonyl (C=O) groups is 2. The Morgan fingerprint density at radius 3 is 2.28 bits per heavy atom. The molecule has 1 aliphatic rings. The van der Waals surface area contributed by atoms with E-state index in [9.17, 15) is 14.9 Å². The van der Waals surface area contributed by atoms with E-state index in [1.165, 1.54) is 6.08 Å². The van der Waals surface area contributed by atoms with E-state index in [-0.39, 0.29) is 11.5 Å². The first-order valence-corrected chi connectivity index (χ1v) is 9.93. The second-order valence-electron chi connectivity index (χ2n) is 7.06. The maximum atomic E-state index is 12.6. The summed E-state index contributed by atoms with van der Waals surface area (Å²) in [6, 6.07) is 12.4. The highest BCUT2D eigenvalue weighted by Crippen LogP contribution is 2.33. The monoisotopic (exact) mass is 436 g/mol. The number of benzene rings is 2. The minimum atomic E-state index is -0.847. The molecule has 0 radical (unpaired) electrons. The van der Waals surface area contributed by atoms with Crippen LogP contribution < -0.4 is 14.2 Å². The van der Waals surface area contributed by atoms with Crippen molar-refractivity contribution in [3.63, 3.8) is 0 Å². The Kier molecular flexibility index (Phi) is 7.34. The van der Waals surface area contributed by atoms with E-state index in [4.69, 9.17) is 18.9 Å². The maximum Gasteiger partial charge on any atom is 0.349 e. The lowest BCUT2D eigenvalue weighted by atomic mass is 9.99. The van der Waals surface area contributed by atoms with Gasteiger partial charge in [-0.25, -0.2) is 4.79 Å². The van der Waals surface area contributed by atoms with Crippen molar-refractivity contribution in [1.82, 2.24) is 4.90 Å². The van der Waals surface area contributed by atoms with Crippen molar-refractivity contribution >= 4 is 18.0 Å². The Bertz CT molecular complexity index is 1070. The summed E-state index contributed by atoms with van der Waals surface area (Å²) < 4.78 is 20.9. The molecule has 0 spiro atoms. The summed E-state index contributed by atoms with van der Waals surface area (Å²) >= 11 is 0. The molecule has 0 unspecified atom stereocenters. The average molecular weight is 436 g/mol. The number of rotatable bonds is 7. The van der Waals surface area contributed by atoms with Crippen molar-refractivity contribution in [3.8, 4) is 23.3 Å². The minimum absolute atomic E-state index is 0.191. The van der Waals surface area contributed by atoms with Gasteiger partial charge in [0.25, 0.3) is 5.91 Å². The van der Waals surface area contributed by atoms with Gasteiger partial charge in [-0.1, -0.05) is 12.1 Å². The fraction of sp³-hybridized carbons (Fsp3) is 0.292. The van der Waals surface area contributed by atoms with Crippen LogP contribution in [-0.2, 0) is 27.3 Å². The summed E-state index contributed by atoms with van der Waals surface area (Å²) in [7, 11) is 4.69. The van der Waals surface area contributed by atoms with Gasteiger partial charge in [0.05, 0.1) is 21.3 Å². The van der Waals surface area contributed by atoms with Crippen molar-refractivity contribution in [2.24, 2.45) is 0 Å². The first-order chi connectivity index (χ1) is 15.5. The summed E-state index contributed by atoms with van der Waals surface area (Å²) in [5.74, 6) is 0.718. The summed E-state index contributed by atoms with van der Waals surface area (Å²) in [6.07, 6.45) is 2.05. The number of carbonyl (C=O) groups excluding carboxylic acids is 2. The van der Waals surface area contributed by atoms with Gasteiger partial charge in [-0.2, -0.15) is 5.26 Å². The number of methoxy groups -OCH3 is 3. The second-order valence-corrected chi connectivity index (χ2v) is 7.06. The van der Waals surface area contributed by atoms with E-state index in [0.29, 0.717) is 42.3 Å². The molecule has 0 bridgehead atoms. The van der Waals surface area contributed by atoms with Crippen LogP contribution in [0.2, 0.25) is 0 Å². The first-order valence-electron chi connectivity index (χ1n) is 9.93. The second kappa shape index (κ2) is 10.4. The molecule has 1 heterocycles. The van der Waals surface area contributed by atoms with Crippen LogP contribution in [0.25, 0.3) is 6.08 Å². The quantitative estimate of drug-likeness (QED) is 0.374. The highest BCUT2D eigenvalue weighted by atomic mass is 16.5. The van der Waals surface area contributed by atoms with Gasteiger partial charge in [-0.3, -0.25) is 4.79 Å². The topological polar surface area (TPSA) is 98.1 Å². The number of esters is 1. The molecular formula is C24H24N2O6. The number of nitriles is 1. The molecule has 1 aliphatic heterocycles. The van der Waals surface area contributed by atoms with Crippen molar-refractivity contribution < 1.29 is 28.5 Å². The predicted molar refractivity (Wildman–Crippen MR) is 116 cm³/mol. The van der Waals surface area contributed by atoms with Gasteiger partial charge >= 0.3 is 5.97 Å². The van der Waals surface area contributed by atoms with Gasteiger partial charge in [0.15, 0.2) is 18.1 Å². The van der Waals surface area contributed by atoms with Gasteiger partial charge < -0.3 is 23.8 Å². The normalized spacial score (nSPS) is 12.9. The lowest BCUT2D eigenvalue weighted by Crippen LogP contribution is -2.38. The molecule has 0 fully saturated rings. The Morgan fingerprint density at radius 2 is 1.69 bits per heavy atom. The summed E-state index contributed by atoms with van der Waals surface area (Å²) in [6.45, 7) is 0.424. The van der Waals surface area contributed by atoms with Gasteiger partial charge in [0, 0.05) is 13.1 Å². The summed E-state index contributed by atoms with van der Waals surface area (Å²) in [5.41, 5.74) is 2.48. The van der Waals surface area contributed by atoms with E-state index in [1.54, 1.807) is 50.5 Å². The van der Waals surface area contributed by atoms with Crippen LogP contribution in [0.4, 0.5) is 0 Å². The molecule has 8 heteroatoms. The maximum absolute atomic E-state index is 12.6. The van der Waals surface area contributed by atoms with E-state index in [2.05, 4.69) is 0 Å². The van der Waals surface area contributed by atoms with Crippen LogP contribution in [0, 0.1) is 11.3 Å². The van der Waals surface area contributed by atoms with Gasteiger partial charge in [-0.05, 0) is 53.5 Å². The first kappa shape index (κ1) is 22.7. The van der Waals surface area contributed by atoms with Crippen LogP contribution >= 0.6 is 0 Å². The SMILES string of the molecule is COc1ccc(/C=C(\C#N)C(=O)OCC(=O)N2CCc3cc(OC)c(OC)cc3C2)cc1. The third-order valence-electron chi connectivity index (χ3n) is 5.16. The molecule has 0 atom stereocenters. The molecule has 0 aromatic heterocycles. The van der Waals surface area contributed by atoms with Crippen molar-refractivity contribution in [3.05, 3.63) is 58.7 Å². The molecule has 0 aliphatic carbocycles. The van der Waals surface area contributed by atoms with Crippen LogP contribution in [-0.4, -0.2) is 51.3 Å². The van der Waals surface area contributed by atoms with Crippen LogP contribution in [0.3, 0.4) is 0 Å². The standard InChI is InChI=1S/C24H24N2O6/c1-29-20-6-4-16(5-7-20)10-18(13-25)24(28)32-15-23(27)26-9-8-17-11-21(30-2)22(31-3)12-19(17)14-26/h4-7,10-12H,8-9,14-15H2,1-3H3/b18-10+. The molecule has 8 nitrogen and oxygen atoms in total. The van der Waals surface area contributed by atoms with Gasteiger partial charge in [-0.15, -0.1) is 0 Å². The Hall–Kier alpha value is -3.99. The number of fused-ring (bicyclic) bond motifs is 1. The molecule has 3 rings (SSSR count). The van der Waals surface area contributed by atoms with Gasteiger partial charge in [0.1, 0.15) is 17.4 Å². The molecule has 32 heavy (non-hydrogen) atoms. The zero-order valence-electron chi connectivity index (χ0n) is 18.2. The average Bonchev–Trinajstić information content (AvgIpc) is 2.84. The fourth-order valence-corrected chi connectivity index (χ4v) is 3.40. The molecule has 0 N–H and O–H groups in total. The van der Waals surface area contributed by atoms with E-state index in [1.807, 2.05) is 18.2 Å². The number of nitrogens with zero attached hydrogens (tertiary/aromatic N) is 2. The minimum Gasteiger partial charge on any atom is -0.497 e. The van der Waals surface area contributed by atoms with E-state index < -0.39 is 12.6 Å². The third kappa shape index (κ3) is 5.19. The molecule has 1 amide bonds. The molecule has 0 saturated carbocycles. The number of hydrogen-bond donors (Lipinski definition) is 0. The fourth-order valence-electron chi connectivity index (χ4n) is 3.40. The molecule has 166 valence electrons. The molecule has 2 aromatic rings. The summed E-state index contributed by atoms with van der Waals surface area (Å²) in [5, 5.41) is 9.31. The third-order valence-corrected chi connectivity index (χ3v) is 5.16. The number of amides is 1. The van der Waals surface area contributed by atoms with Crippen LogP contribution in [0.15, 0.2) is 42.0 Å². The van der Waals surface area contributed by atoms with Crippen molar-refractivity contribution in [2.45, 2.75) is 13.0 Å². The van der Waals surface area contributed by atoms with Crippen LogP contribution in [0.5, 0.6) is 17.2 Å². The largest absolute Gasteiger partial charge is 0.497 e. The highest BCUT2D eigenvalue weighted by molar-refractivity contribution is 5.98. The molecule has 0 saturated heterocycles. The summed E-state index contributed by atoms with van der Waals surface area (Å²) in [4.78, 5) is 26.5. The Morgan fingerprint density at radius 1 is 1.03 bits per heavy atom. The predicted octanol–water partition coefficient (Wildman–Crippen LogP) is 2.75. The Balaban J connectivity index is 1.62. The number of ether oxygens (including phenoxy) is 4. The zero-order valence-corrected chi connectivity index (χ0v) is 18.2. The van der Waals surface area contributed by atoms with E-state index in [0.717, 1.165) is 11.1 Å². The highest BCUT2D eigenvalue weighted by Gasteiger charge is 2.24.